The summed E-state index contributed by atoms with van der Waals surface area (Å²) in [5.74, 6) is 1.000. The monoisotopic (exact) mass is 294 g/mol. The van der Waals surface area contributed by atoms with E-state index in [0.29, 0.717) is 16.8 Å². The van der Waals surface area contributed by atoms with Crippen molar-refractivity contribution in [2.75, 3.05) is 5.75 Å². The molecule has 19 heavy (non-hydrogen) atoms. The largest absolute Gasteiger partial charge is 0.302 e. The molecule has 2 heterocycles. The summed E-state index contributed by atoms with van der Waals surface area (Å²) in [6, 6.07) is 0. The maximum Gasteiger partial charge on any atom is 0.260 e. The molecule has 0 saturated carbocycles. The lowest BCUT2D eigenvalue weighted by Crippen LogP contribution is -2.13. The standard InChI is InChI=1S/C13H14N2O2S2/c1-7-2-3-8-9(6-7)19-12-10(8)11(17)14-13(15-12)18-5-4-16/h4,7H,2-3,5-6H2,1H3,(H,14,15,17)/t7-/m0/s1. The molecule has 0 bridgehead atoms. The fourth-order valence-corrected chi connectivity index (χ4v) is 4.50. The lowest BCUT2D eigenvalue weighted by molar-refractivity contribution is -0.105. The Morgan fingerprint density at radius 3 is 3.21 bits per heavy atom. The summed E-state index contributed by atoms with van der Waals surface area (Å²) in [7, 11) is 0. The molecule has 0 spiro atoms. The van der Waals surface area contributed by atoms with Crippen molar-refractivity contribution in [1.82, 2.24) is 9.97 Å². The van der Waals surface area contributed by atoms with E-state index < -0.39 is 0 Å². The lowest BCUT2D eigenvalue weighted by atomic mass is 9.89. The van der Waals surface area contributed by atoms with Crippen LogP contribution in [-0.2, 0) is 17.6 Å². The average Bonchev–Trinajstić information content (AvgIpc) is 2.73. The van der Waals surface area contributed by atoms with Crippen LogP contribution in [0.2, 0.25) is 0 Å². The van der Waals surface area contributed by atoms with E-state index in [1.807, 2.05) is 0 Å². The van der Waals surface area contributed by atoms with Crippen molar-refractivity contribution in [3.63, 3.8) is 0 Å². The van der Waals surface area contributed by atoms with Crippen molar-refractivity contribution in [3.05, 3.63) is 20.8 Å². The van der Waals surface area contributed by atoms with Gasteiger partial charge in [0.15, 0.2) is 5.16 Å². The maximum atomic E-state index is 12.2. The Hall–Kier alpha value is -1.14. The highest BCUT2D eigenvalue weighted by molar-refractivity contribution is 7.99. The quantitative estimate of drug-likeness (QED) is 0.536. The molecule has 2 aromatic rings. The molecule has 0 saturated heterocycles. The molecule has 0 amide bonds. The molecule has 1 aliphatic carbocycles. The Labute approximate surface area is 118 Å². The zero-order chi connectivity index (χ0) is 13.4. The van der Waals surface area contributed by atoms with E-state index >= 15 is 0 Å². The van der Waals surface area contributed by atoms with Crippen molar-refractivity contribution in [2.24, 2.45) is 5.92 Å². The first-order valence-electron chi connectivity index (χ1n) is 6.30. The number of carbonyl (C=O) groups is 1. The van der Waals surface area contributed by atoms with Gasteiger partial charge in [-0.15, -0.1) is 11.3 Å². The highest BCUT2D eigenvalue weighted by Crippen LogP contribution is 2.35. The smallest absolute Gasteiger partial charge is 0.260 e. The maximum absolute atomic E-state index is 12.2. The van der Waals surface area contributed by atoms with Crippen molar-refractivity contribution in [1.29, 1.82) is 0 Å². The van der Waals surface area contributed by atoms with Gasteiger partial charge in [-0.25, -0.2) is 4.98 Å². The number of hydrogen-bond acceptors (Lipinski definition) is 5. The van der Waals surface area contributed by atoms with Crippen LogP contribution in [0.25, 0.3) is 10.2 Å². The number of thiophene rings is 1. The Balaban J connectivity index is 2.11. The number of aromatic nitrogens is 2. The van der Waals surface area contributed by atoms with E-state index in [1.54, 1.807) is 11.3 Å². The first-order chi connectivity index (χ1) is 9.19. The van der Waals surface area contributed by atoms with Gasteiger partial charge in [0.2, 0.25) is 0 Å². The van der Waals surface area contributed by atoms with Crippen LogP contribution in [-0.4, -0.2) is 22.0 Å². The number of fused-ring (bicyclic) bond motifs is 3. The molecular weight excluding hydrogens is 280 g/mol. The number of rotatable bonds is 3. The van der Waals surface area contributed by atoms with Gasteiger partial charge >= 0.3 is 0 Å². The van der Waals surface area contributed by atoms with Gasteiger partial charge in [0, 0.05) is 4.88 Å². The van der Waals surface area contributed by atoms with Crippen molar-refractivity contribution in [3.8, 4) is 0 Å². The number of H-pyrrole nitrogens is 1. The Morgan fingerprint density at radius 2 is 2.42 bits per heavy atom. The van der Waals surface area contributed by atoms with Gasteiger partial charge in [0.05, 0.1) is 11.1 Å². The molecule has 3 rings (SSSR count). The normalized spacial score (nSPS) is 18.5. The number of aromatic amines is 1. The minimum Gasteiger partial charge on any atom is -0.302 e. The summed E-state index contributed by atoms with van der Waals surface area (Å²) in [5, 5.41) is 1.30. The Kier molecular flexibility index (Phi) is 3.45. The molecule has 6 heteroatoms. The highest BCUT2D eigenvalue weighted by atomic mass is 32.2. The molecule has 100 valence electrons. The SMILES string of the molecule is C[C@H]1CCc2c(sc3nc(SCC=O)[nH]c(=O)c23)C1. The number of aldehydes is 1. The Bertz CT molecular complexity index is 690. The van der Waals surface area contributed by atoms with E-state index in [1.165, 1.54) is 22.2 Å². The van der Waals surface area contributed by atoms with Gasteiger partial charge in [-0.2, -0.15) is 0 Å². The predicted molar refractivity (Wildman–Crippen MR) is 78.2 cm³/mol. The highest BCUT2D eigenvalue weighted by Gasteiger charge is 2.22. The number of hydrogen-bond donors (Lipinski definition) is 1. The second-order valence-corrected chi connectivity index (χ2v) is 6.97. The predicted octanol–water partition coefficient (Wildman–Crippen LogP) is 2.40. The zero-order valence-corrected chi connectivity index (χ0v) is 12.2. The minimum absolute atomic E-state index is 0.0644. The molecular formula is C13H14N2O2S2. The van der Waals surface area contributed by atoms with E-state index in [9.17, 15) is 9.59 Å². The van der Waals surface area contributed by atoms with Gasteiger partial charge in [-0.05, 0) is 30.7 Å². The first-order valence-corrected chi connectivity index (χ1v) is 8.10. The minimum atomic E-state index is -0.0644. The summed E-state index contributed by atoms with van der Waals surface area (Å²) in [6.45, 7) is 2.25. The first kappa shape index (κ1) is 12.9. The van der Waals surface area contributed by atoms with Crippen LogP contribution in [0, 0.1) is 5.92 Å². The van der Waals surface area contributed by atoms with Gasteiger partial charge < -0.3 is 9.78 Å². The van der Waals surface area contributed by atoms with Crippen molar-refractivity contribution in [2.45, 2.75) is 31.3 Å². The molecule has 1 N–H and O–H groups in total. The van der Waals surface area contributed by atoms with Crippen LogP contribution in [0.4, 0.5) is 0 Å². The summed E-state index contributed by atoms with van der Waals surface area (Å²) in [5.41, 5.74) is 1.13. The van der Waals surface area contributed by atoms with E-state index in [-0.39, 0.29) is 5.56 Å². The third kappa shape index (κ3) is 2.34. The van der Waals surface area contributed by atoms with E-state index in [0.717, 1.165) is 35.8 Å². The van der Waals surface area contributed by atoms with E-state index in [2.05, 4.69) is 16.9 Å². The van der Waals surface area contributed by atoms with Gasteiger partial charge in [0.25, 0.3) is 5.56 Å². The molecule has 1 atom stereocenters. The van der Waals surface area contributed by atoms with Crippen molar-refractivity contribution < 1.29 is 4.79 Å². The summed E-state index contributed by atoms with van der Waals surface area (Å²) >= 11 is 2.90. The second kappa shape index (κ2) is 5.09. The summed E-state index contributed by atoms with van der Waals surface area (Å²) < 4.78 is 0. The molecule has 0 aliphatic heterocycles. The average molecular weight is 294 g/mol. The molecule has 1 aliphatic rings. The van der Waals surface area contributed by atoms with Gasteiger partial charge in [-0.3, -0.25) is 4.79 Å². The van der Waals surface area contributed by atoms with Crippen LogP contribution in [0.15, 0.2) is 9.95 Å². The van der Waals surface area contributed by atoms with Crippen LogP contribution < -0.4 is 5.56 Å². The number of nitrogens with one attached hydrogen (secondary N) is 1. The van der Waals surface area contributed by atoms with Crippen LogP contribution in [0.5, 0.6) is 0 Å². The van der Waals surface area contributed by atoms with Gasteiger partial charge in [0.1, 0.15) is 11.1 Å². The third-order valence-corrected chi connectivity index (χ3v) is 5.35. The van der Waals surface area contributed by atoms with Crippen molar-refractivity contribution >= 4 is 39.6 Å². The summed E-state index contributed by atoms with van der Waals surface area (Å²) in [6.07, 6.45) is 3.98. The van der Waals surface area contributed by atoms with Crippen LogP contribution >= 0.6 is 23.1 Å². The number of aryl methyl sites for hydroxylation is 1. The lowest BCUT2D eigenvalue weighted by Gasteiger charge is -2.17. The fourth-order valence-electron chi connectivity index (χ4n) is 2.51. The molecule has 0 unspecified atom stereocenters. The van der Waals surface area contributed by atoms with Crippen LogP contribution in [0.1, 0.15) is 23.8 Å². The number of thioether (sulfide) groups is 1. The molecule has 0 aromatic carbocycles. The fraction of sp³-hybridized carbons (Fsp3) is 0.462. The number of nitrogens with zero attached hydrogens (tertiary/aromatic N) is 1. The molecule has 0 radical (unpaired) electrons. The number of carbonyl (C=O) groups excluding carboxylic acids is 1. The molecule has 0 fully saturated rings. The third-order valence-electron chi connectivity index (χ3n) is 3.43. The van der Waals surface area contributed by atoms with E-state index in [4.69, 9.17) is 0 Å². The molecule has 2 aromatic heterocycles. The second-order valence-electron chi connectivity index (χ2n) is 4.88. The van der Waals surface area contributed by atoms with Gasteiger partial charge in [-0.1, -0.05) is 18.7 Å². The zero-order valence-electron chi connectivity index (χ0n) is 10.6. The Morgan fingerprint density at radius 1 is 1.58 bits per heavy atom. The molecule has 4 nitrogen and oxygen atoms in total. The summed E-state index contributed by atoms with van der Waals surface area (Å²) in [4.78, 5) is 31.9. The van der Waals surface area contributed by atoms with Crippen LogP contribution in [0.3, 0.4) is 0 Å². The topological polar surface area (TPSA) is 62.8 Å².